The maximum absolute atomic E-state index is 15.2. The maximum atomic E-state index is 15.2. The first kappa shape index (κ1) is 22.3. The van der Waals surface area contributed by atoms with Crippen molar-refractivity contribution >= 4 is 0 Å². The molecule has 0 saturated carbocycles. The van der Waals surface area contributed by atoms with Gasteiger partial charge in [0.1, 0.15) is 12.8 Å². The van der Waals surface area contributed by atoms with Gasteiger partial charge >= 0.3 is 0 Å². The number of methoxy groups -OCH3 is 4. The van der Waals surface area contributed by atoms with Crippen LogP contribution in [0.2, 0.25) is 0 Å². The van der Waals surface area contributed by atoms with Crippen molar-refractivity contribution in [2.45, 2.75) is 19.2 Å². The standard InChI is InChI=1S/C25H27FO5/c1-27-21-11-10-18(13-22(21)31-16-17-8-6-5-7-9-17)12-20(26)19-14-23(28-2)25(30-4)24(15-19)29-3/h5-11,13-15,20H,12,16H2,1-4H3. The maximum Gasteiger partial charge on any atom is 0.203 e. The average molecular weight is 426 g/mol. The van der Waals surface area contributed by atoms with Crippen LogP contribution in [0.15, 0.2) is 60.7 Å². The fourth-order valence-corrected chi connectivity index (χ4v) is 3.30. The molecule has 0 aliphatic heterocycles. The predicted octanol–water partition coefficient (Wildman–Crippen LogP) is 5.55. The Morgan fingerprint density at radius 2 is 1.32 bits per heavy atom. The highest BCUT2D eigenvalue weighted by molar-refractivity contribution is 5.54. The highest BCUT2D eigenvalue weighted by atomic mass is 19.1. The SMILES string of the molecule is COc1ccc(CC(F)c2cc(OC)c(OC)c(OC)c2)cc1OCc1ccccc1. The molecule has 31 heavy (non-hydrogen) atoms. The van der Waals surface area contributed by atoms with E-state index in [0.717, 1.165) is 11.1 Å². The van der Waals surface area contributed by atoms with Gasteiger partial charge in [-0.1, -0.05) is 36.4 Å². The number of hydrogen-bond acceptors (Lipinski definition) is 5. The first-order valence-electron chi connectivity index (χ1n) is 9.87. The van der Waals surface area contributed by atoms with Crippen molar-refractivity contribution < 1.29 is 28.1 Å². The number of benzene rings is 3. The zero-order chi connectivity index (χ0) is 22.2. The molecule has 3 aromatic rings. The summed E-state index contributed by atoms with van der Waals surface area (Å²) < 4.78 is 42.6. The Balaban J connectivity index is 1.80. The molecule has 0 spiro atoms. The van der Waals surface area contributed by atoms with Crippen LogP contribution < -0.4 is 23.7 Å². The van der Waals surface area contributed by atoms with Gasteiger partial charge in [-0.25, -0.2) is 4.39 Å². The summed E-state index contributed by atoms with van der Waals surface area (Å²) in [4.78, 5) is 0. The molecule has 1 atom stereocenters. The molecule has 1 unspecified atom stereocenters. The molecule has 3 rings (SSSR count). The van der Waals surface area contributed by atoms with Crippen LogP contribution in [0, 0.1) is 0 Å². The summed E-state index contributed by atoms with van der Waals surface area (Å²) in [5.74, 6) is 2.44. The highest BCUT2D eigenvalue weighted by Crippen LogP contribution is 2.41. The second kappa shape index (κ2) is 10.6. The lowest BCUT2D eigenvalue weighted by Gasteiger charge is -2.17. The van der Waals surface area contributed by atoms with Crippen LogP contribution in [0.4, 0.5) is 4.39 Å². The summed E-state index contributed by atoms with van der Waals surface area (Å²) in [5.41, 5.74) is 2.26. The van der Waals surface area contributed by atoms with Crippen LogP contribution in [0.25, 0.3) is 0 Å². The average Bonchev–Trinajstić information content (AvgIpc) is 2.82. The largest absolute Gasteiger partial charge is 0.493 e. The van der Waals surface area contributed by atoms with E-state index in [1.165, 1.54) is 21.3 Å². The molecule has 0 N–H and O–H groups in total. The zero-order valence-corrected chi connectivity index (χ0v) is 18.2. The first-order valence-corrected chi connectivity index (χ1v) is 9.87. The van der Waals surface area contributed by atoms with Gasteiger partial charge in [-0.3, -0.25) is 0 Å². The van der Waals surface area contributed by atoms with Crippen LogP contribution in [0.5, 0.6) is 28.7 Å². The summed E-state index contributed by atoms with van der Waals surface area (Å²) in [5, 5.41) is 0. The highest BCUT2D eigenvalue weighted by Gasteiger charge is 2.19. The van der Waals surface area contributed by atoms with Crippen molar-refractivity contribution in [1.29, 1.82) is 0 Å². The van der Waals surface area contributed by atoms with Gasteiger partial charge in [-0.05, 0) is 41.0 Å². The number of alkyl halides is 1. The molecule has 0 heterocycles. The molecule has 0 aromatic heterocycles. The summed E-state index contributed by atoms with van der Waals surface area (Å²) in [7, 11) is 6.11. The Morgan fingerprint density at radius 1 is 0.677 bits per heavy atom. The Kier molecular flexibility index (Phi) is 7.60. The molecule has 0 aliphatic carbocycles. The Morgan fingerprint density at radius 3 is 1.90 bits per heavy atom. The third kappa shape index (κ3) is 5.40. The fraction of sp³-hybridized carbons (Fsp3) is 0.280. The third-order valence-corrected chi connectivity index (χ3v) is 4.93. The van der Waals surface area contributed by atoms with Crippen LogP contribution in [-0.2, 0) is 13.0 Å². The van der Waals surface area contributed by atoms with Crippen LogP contribution in [0.1, 0.15) is 22.9 Å². The molecular formula is C25H27FO5. The predicted molar refractivity (Wildman–Crippen MR) is 117 cm³/mol. The van der Waals surface area contributed by atoms with E-state index in [4.69, 9.17) is 23.7 Å². The van der Waals surface area contributed by atoms with E-state index in [1.807, 2.05) is 42.5 Å². The number of rotatable bonds is 10. The van der Waals surface area contributed by atoms with Gasteiger partial charge in [0.2, 0.25) is 5.75 Å². The summed E-state index contributed by atoms with van der Waals surface area (Å²) >= 11 is 0. The van der Waals surface area contributed by atoms with Crippen molar-refractivity contribution in [3.05, 3.63) is 77.4 Å². The fourth-order valence-electron chi connectivity index (χ4n) is 3.30. The molecule has 6 heteroatoms. The lowest BCUT2D eigenvalue weighted by molar-refractivity contribution is 0.283. The second-order valence-electron chi connectivity index (χ2n) is 6.89. The van der Waals surface area contributed by atoms with Gasteiger partial charge in [0.25, 0.3) is 0 Å². The van der Waals surface area contributed by atoms with E-state index >= 15 is 4.39 Å². The Bertz CT molecular complexity index is 965. The molecule has 164 valence electrons. The minimum Gasteiger partial charge on any atom is -0.493 e. The van der Waals surface area contributed by atoms with Gasteiger partial charge in [0.15, 0.2) is 23.0 Å². The summed E-state index contributed by atoms with van der Waals surface area (Å²) in [6.07, 6.45) is -1.12. The lowest BCUT2D eigenvalue weighted by Crippen LogP contribution is -2.02. The van der Waals surface area contributed by atoms with Crippen LogP contribution in [0.3, 0.4) is 0 Å². The van der Waals surface area contributed by atoms with E-state index in [0.29, 0.717) is 40.9 Å². The molecule has 0 aliphatic rings. The number of halogens is 1. The number of ether oxygens (including phenoxy) is 5. The smallest absolute Gasteiger partial charge is 0.203 e. The normalized spacial score (nSPS) is 11.5. The Labute approximate surface area is 182 Å². The third-order valence-electron chi connectivity index (χ3n) is 4.93. The molecule has 0 bridgehead atoms. The second-order valence-corrected chi connectivity index (χ2v) is 6.89. The van der Waals surface area contributed by atoms with Crippen molar-refractivity contribution in [2.24, 2.45) is 0 Å². The van der Waals surface area contributed by atoms with Gasteiger partial charge in [-0.15, -0.1) is 0 Å². The molecule has 0 radical (unpaired) electrons. The topological polar surface area (TPSA) is 46.2 Å². The van der Waals surface area contributed by atoms with E-state index in [1.54, 1.807) is 25.3 Å². The van der Waals surface area contributed by atoms with Gasteiger partial charge in [0.05, 0.1) is 28.4 Å². The van der Waals surface area contributed by atoms with Crippen molar-refractivity contribution in [2.75, 3.05) is 28.4 Å². The van der Waals surface area contributed by atoms with E-state index in [-0.39, 0.29) is 6.42 Å². The monoisotopic (exact) mass is 426 g/mol. The molecule has 0 amide bonds. The minimum absolute atomic E-state index is 0.157. The van der Waals surface area contributed by atoms with E-state index in [9.17, 15) is 0 Å². The first-order chi connectivity index (χ1) is 15.1. The van der Waals surface area contributed by atoms with Crippen LogP contribution >= 0.6 is 0 Å². The minimum atomic E-state index is -1.27. The zero-order valence-electron chi connectivity index (χ0n) is 18.2. The van der Waals surface area contributed by atoms with Crippen molar-refractivity contribution in [3.63, 3.8) is 0 Å². The molecular weight excluding hydrogens is 399 g/mol. The van der Waals surface area contributed by atoms with Crippen molar-refractivity contribution in [3.8, 4) is 28.7 Å². The summed E-state index contributed by atoms with van der Waals surface area (Å²) in [6.45, 7) is 0.395. The molecule has 0 saturated heterocycles. The molecule has 5 nitrogen and oxygen atoms in total. The van der Waals surface area contributed by atoms with Gasteiger partial charge < -0.3 is 23.7 Å². The Hall–Kier alpha value is -3.41. The van der Waals surface area contributed by atoms with Crippen molar-refractivity contribution in [1.82, 2.24) is 0 Å². The van der Waals surface area contributed by atoms with Crippen LogP contribution in [-0.4, -0.2) is 28.4 Å². The van der Waals surface area contributed by atoms with Gasteiger partial charge in [0, 0.05) is 6.42 Å². The lowest BCUT2D eigenvalue weighted by atomic mass is 10.0. The number of hydrogen-bond donors (Lipinski definition) is 0. The quantitative estimate of drug-likeness (QED) is 0.425. The summed E-state index contributed by atoms with van der Waals surface area (Å²) in [6, 6.07) is 18.5. The van der Waals surface area contributed by atoms with E-state index < -0.39 is 6.17 Å². The molecule has 0 fully saturated rings. The molecule has 3 aromatic carbocycles. The van der Waals surface area contributed by atoms with E-state index in [2.05, 4.69) is 0 Å². The van der Waals surface area contributed by atoms with Gasteiger partial charge in [-0.2, -0.15) is 0 Å².